The Morgan fingerprint density at radius 1 is 1.25 bits per heavy atom. The molecular weight excluding hydrogens is 254 g/mol. The molecule has 3 aromatic rings. The van der Waals surface area contributed by atoms with Crippen LogP contribution in [0, 0.1) is 13.8 Å². The molecule has 0 bridgehead atoms. The Morgan fingerprint density at radius 3 is 2.75 bits per heavy atom. The lowest BCUT2D eigenvalue weighted by Gasteiger charge is -2.12. The van der Waals surface area contributed by atoms with Crippen LogP contribution < -0.4 is 5.32 Å². The summed E-state index contributed by atoms with van der Waals surface area (Å²) in [6, 6.07) is 5.53. The van der Waals surface area contributed by atoms with Crippen molar-refractivity contribution in [3.63, 3.8) is 0 Å². The van der Waals surface area contributed by atoms with E-state index in [0.717, 1.165) is 17.1 Å². The van der Waals surface area contributed by atoms with E-state index in [4.69, 9.17) is 0 Å². The highest BCUT2D eigenvalue weighted by atomic mass is 16.3. The largest absolute Gasteiger partial charge is 0.369 e. The number of rotatable bonds is 3. The van der Waals surface area contributed by atoms with Crippen LogP contribution in [-0.4, -0.2) is 24.7 Å². The molecule has 2 N–H and O–H groups in total. The van der Waals surface area contributed by atoms with Gasteiger partial charge in [0.05, 0.1) is 11.8 Å². The Kier molecular flexibility index (Phi) is 3.08. The van der Waals surface area contributed by atoms with Gasteiger partial charge in [-0.05, 0) is 32.0 Å². The highest BCUT2D eigenvalue weighted by Gasteiger charge is 2.15. The van der Waals surface area contributed by atoms with Crippen molar-refractivity contribution < 1.29 is 5.11 Å². The van der Waals surface area contributed by atoms with Crippen molar-refractivity contribution in [2.45, 2.75) is 20.1 Å². The molecular formula is C14H15N5O. The zero-order valence-electron chi connectivity index (χ0n) is 11.3. The summed E-state index contributed by atoms with van der Waals surface area (Å²) >= 11 is 0. The van der Waals surface area contributed by atoms with Crippen LogP contribution in [0.3, 0.4) is 0 Å². The average molecular weight is 269 g/mol. The number of aliphatic hydroxyl groups excluding tert-OH is 1. The standard InChI is InChI=1S/C14H15N5O/c1-9-7-10(2)19-13(17-9)12(8-16-19)14(20)18-11-3-5-15-6-4-11/h3-8,14,20H,1-2H3,(H,15,18). The Balaban J connectivity index is 1.98. The van der Waals surface area contributed by atoms with Crippen molar-refractivity contribution in [3.8, 4) is 0 Å². The Labute approximate surface area is 116 Å². The summed E-state index contributed by atoms with van der Waals surface area (Å²) in [6.07, 6.45) is 4.09. The minimum absolute atomic E-state index is 0.647. The van der Waals surface area contributed by atoms with Crippen LogP contribution in [0.15, 0.2) is 36.8 Å². The molecule has 0 aliphatic rings. The molecule has 3 rings (SSSR count). The zero-order chi connectivity index (χ0) is 14.1. The van der Waals surface area contributed by atoms with E-state index in [9.17, 15) is 5.11 Å². The molecule has 0 aromatic carbocycles. The van der Waals surface area contributed by atoms with Crippen LogP contribution in [0.5, 0.6) is 0 Å². The highest BCUT2D eigenvalue weighted by Crippen LogP contribution is 2.21. The highest BCUT2D eigenvalue weighted by molar-refractivity contribution is 5.52. The molecule has 0 saturated heterocycles. The number of nitrogens with zero attached hydrogens (tertiary/aromatic N) is 4. The summed E-state index contributed by atoms with van der Waals surface area (Å²) in [5.41, 5.74) is 3.98. The van der Waals surface area contributed by atoms with E-state index >= 15 is 0 Å². The van der Waals surface area contributed by atoms with Crippen LogP contribution in [0.2, 0.25) is 0 Å². The first-order valence-electron chi connectivity index (χ1n) is 6.31. The monoisotopic (exact) mass is 269 g/mol. The SMILES string of the molecule is Cc1cc(C)n2ncc(C(O)Nc3ccncc3)c2n1. The first-order chi connectivity index (χ1) is 9.65. The molecule has 0 aliphatic carbocycles. The van der Waals surface area contributed by atoms with Gasteiger partial charge in [0.25, 0.3) is 0 Å². The smallest absolute Gasteiger partial charge is 0.163 e. The van der Waals surface area contributed by atoms with Gasteiger partial charge < -0.3 is 10.4 Å². The Morgan fingerprint density at radius 2 is 2.00 bits per heavy atom. The molecule has 6 nitrogen and oxygen atoms in total. The van der Waals surface area contributed by atoms with Gasteiger partial charge >= 0.3 is 0 Å². The Hall–Kier alpha value is -2.47. The normalized spacial score (nSPS) is 12.6. The Bertz CT molecular complexity index is 738. The molecule has 102 valence electrons. The average Bonchev–Trinajstić information content (AvgIpc) is 2.84. The van der Waals surface area contributed by atoms with E-state index < -0.39 is 6.23 Å². The number of fused-ring (bicyclic) bond motifs is 1. The summed E-state index contributed by atoms with van der Waals surface area (Å²) in [4.78, 5) is 8.39. The third-order valence-corrected chi connectivity index (χ3v) is 3.08. The molecule has 20 heavy (non-hydrogen) atoms. The van der Waals surface area contributed by atoms with E-state index in [1.165, 1.54) is 0 Å². The summed E-state index contributed by atoms with van der Waals surface area (Å²) in [6.45, 7) is 3.88. The van der Waals surface area contributed by atoms with E-state index in [1.54, 1.807) is 35.2 Å². The van der Waals surface area contributed by atoms with Gasteiger partial charge in [0.2, 0.25) is 0 Å². The lowest BCUT2D eigenvalue weighted by atomic mass is 10.2. The fourth-order valence-corrected chi connectivity index (χ4v) is 2.16. The maximum Gasteiger partial charge on any atom is 0.163 e. The second kappa shape index (κ2) is 4.90. The van der Waals surface area contributed by atoms with Gasteiger partial charge in [-0.3, -0.25) is 4.98 Å². The number of aromatic nitrogens is 4. The predicted octanol–water partition coefficient (Wildman–Crippen LogP) is 1.84. The second-order valence-electron chi connectivity index (χ2n) is 4.66. The minimum Gasteiger partial charge on any atom is -0.369 e. The van der Waals surface area contributed by atoms with Crippen molar-refractivity contribution in [1.82, 2.24) is 19.6 Å². The van der Waals surface area contributed by atoms with Gasteiger partial charge in [-0.25, -0.2) is 9.50 Å². The summed E-state index contributed by atoms with van der Waals surface area (Å²) < 4.78 is 1.72. The number of hydrogen-bond acceptors (Lipinski definition) is 5. The zero-order valence-corrected chi connectivity index (χ0v) is 11.3. The van der Waals surface area contributed by atoms with Crippen molar-refractivity contribution in [2.24, 2.45) is 0 Å². The molecule has 3 aromatic heterocycles. The van der Waals surface area contributed by atoms with Gasteiger partial charge in [-0.2, -0.15) is 5.10 Å². The molecule has 0 radical (unpaired) electrons. The van der Waals surface area contributed by atoms with E-state index in [0.29, 0.717) is 11.2 Å². The van der Waals surface area contributed by atoms with Crippen molar-refractivity contribution in [1.29, 1.82) is 0 Å². The van der Waals surface area contributed by atoms with Crippen molar-refractivity contribution in [3.05, 3.63) is 53.7 Å². The molecule has 1 atom stereocenters. The quantitative estimate of drug-likeness (QED) is 0.710. The van der Waals surface area contributed by atoms with Gasteiger partial charge in [-0.15, -0.1) is 0 Å². The molecule has 0 amide bonds. The van der Waals surface area contributed by atoms with Gasteiger partial charge in [0, 0.05) is 29.5 Å². The minimum atomic E-state index is -0.872. The third-order valence-electron chi connectivity index (χ3n) is 3.08. The van der Waals surface area contributed by atoms with Crippen LogP contribution in [0.4, 0.5) is 5.69 Å². The first kappa shape index (κ1) is 12.6. The van der Waals surface area contributed by atoms with E-state index in [-0.39, 0.29) is 0 Å². The summed E-state index contributed by atoms with van der Waals surface area (Å²) in [5, 5.41) is 17.6. The fourth-order valence-electron chi connectivity index (χ4n) is 2.16. The fraction of sp³-hybridized carbons (Fsp3) is 0.214. The molecule has 0 saturated carbocycles. The van der Waals surface area contributed by atoms with Gasteiger partial charge in [-0.1, -0.05) is 0 Å². The number of pyridine rings is 1. The third kappa shape index (κ3) is 2.21. The molecule has 0 aliphatic heterocycles. The molecule has 0 spiro atoms. The first-order valence-corrected chi connectivity index (χ1v) is 6.31. The number of nitrogens with one attached hydrogen (secondary N) is 1. The molecule has 0 fully saturated rings. The van der Waals surface area contributed by atoms with Gasteiger partial charge in [0.1, 0.15) is 0 Å². The second-order valence-corrected chi connectivity index (χ2v) is 4.66. The van der Waals surface area contributed by atoms with Gasteiger partial charge in [0.15, 0.2) is 11.9 Å². The number of aliphatic hydroxyl groups is 1. The maximum atomic E-state index is 10.3. The van der Waals surface area contributed by atoms with Crippen LogP contribution in [-0.2, 0) is 0 Å². The number of hydrogen-bond donors (Lipinski definition) is 2. The van der Waals surface area contributed by atoms with E-state index in [1.807, 2.05) is 19.9 Å². The summed E-state index contributed by atoms with van der Waals surface area (Å²) in [7, 11) is 0. The van der Waals surface area contributed by atoms with Crippen molar-refractivity contribution >= 4 is 11.3 Å². The molecule has 6 heteroatoms. The molecule has 3 heterocycles. The number of aryl methyl sites for hydroxylation is 2. The summed E-state index contributed by atoms with van der Waals surface area (Å²) in [5.74, 6) is 0. The van der Waals surface area contributed by atoms with Crippen LogP contribution in [0.1, 0.15) is 23.2 Å². The topological polar surface area (TPSA) is 75.3 Å². The van der Waals surface area contributed by atoms with Crippen LogP contribution in [0.25, 0.3) is 5.65 Å². The van der Waals surface area contributed by atoms with Crippen LogP contribution >= 0.6 is 0 Å². The predicted molar refractivity (Wildman–Crippen MR) is 75.3 cm³/mol. The molecule has 1 unspecified atom stereocenters. The lowest BCUT2D eigenvalue weighted by Crippen LogP contribution is -2.10. The number of anilines is 1. The van der Waals surface area contributed by atoms with Crippen molar-refractivity contribution in [2.75, 3.05) is 5.32 Å². The maximum absolute atomic E-state index is 10.3. The lowest BCUT2D eigenvalue weighted by molar-refractivity contribution is 0.209. The van der Waals surface area contributed by atoms with E-state index in [2.05, 4.69) is 20.4 Å².